The van der Waals surface area contributed by atoms with Gasteiger partial charge in [-0.05, 0) is 26.3 Å². The van der Waals surface area contributed by atoms with E-state index in [1.165, 1.54) is 32.2 Å². The predicted octanol–water partition coefficient (Wildman–Crippen LogP) is 1.71. The van der Waals surface area contributed by atoms with Gasteiger partial charge in [-0.3, -0.25) is 9.80 Å². The SMILES string of the molecule is CCN1CCN(C2CCCCCC2O)CC1C. The molecule has 3 nitrogen and oxygen atoms in total. The van der Waals surface area contributed by atoms with E-state index in [4.69, 9.17) is 0 Å². The molecule has 2 aliphatic rings. The lowest BCUT2D eigenvalue weighted by molar-refractivity contribution is -0.00158. The summed E-state index contributed by atoms with van der Waals surface area (Å²) >= 11 is 0. The van der Waals surface area contributed by atoms with Crippen molar-refractivity contribution in [1.29, 1.82) is 0 Å². The zero-order valence-electron chi connectivity index (χ0n) is 11.4. The van der Waals surface area contributed by atoms with Gasteiger partial charge in [0.2, 0.25) is 0 Å². The number of hydrogen-bond donors (Lipinski definition) is 1. The van der Waals surface area contributed by atoms with Gasteiger partial charge in [-0.2, -0.15) is 0 Å². The fourth-order valence-corrected chi connectivity index (χ4v) is 3.49. The number of rotatable bonds is 2. The Hall–Kier alpha value is -0.120. The Kier molecular flexibility index (Phi) is 4.83. The van der Waals surface area contributed by atoms with Gasteiger partial charge in [0.05, 0.1) is 6.10 Å². The highest BCUT2D eigenvalue weighted by Gasteiger charge is 2.31. The summed E-state index contributed by atoms with van der Waals surface area (Å²) in [4.78, 5) is 5.09. The number of piperazine rings is 1. The third-order valence-corrected chi connectivity index (χ3v) is 4.62. The van der Waals surface area contributed by atoms with Crippen LogP contribution in [0.15, 0.2) is 0 Å². The zero-order valence-corrected chi connectivity index (χ0v) is 11.4. The van der Waals surface area contributed by atoms with Gasteiger partial charge in [0.25, 0.3) is 0 Å². The Bertz CT molecular complexity index is 234. The van der Waals surface area contributed by atoms with Crippen LogP contribution in [0.3, 0.4) is 0 Å². The van der Waals surface area contributed by atoms with Gasteiger partial charge in [0.15, 0.2) is 0 Å². The van der Waals surface area contributed by atoms with Crippen LogP contribution in [0, 0.1) is 0 Å². The predicted molar refractivity (Wildman–Crippen MR) is 71.2 cm³/mol. The normalized spacial score (nSPS) is 37.9. The van der Waals surface area contributed by atoms with Gasteiger partial charge >= 0.3 is 0 Å². The summed E-state index contributed by atoms with van der Waals surface area (Å²) in [6.45, 7) is 9.16. The summed E-state index contributed by atoms with van der Waals surface area (Å²) in [6, 6.07) is 1.07. The van der Waals surface area contributed by atoms with Gasteiger partial charge in [-0.15, -0.1) is 0 Å². The largest absolute Gasteiger partial charge is 0.391 e. The lowest BCUT2D eigenvalue weighted by atomic mass is 10.0. The van der Waals surface area contributed by atoms with Crippen molar-refractivity contribution in [2.45, 2.75) is 64.1 Å². The monoisotopic (exact) mass is 240 g/mol. The van der Waals surface area contributed by atoms with Crippen molar-refractivity contribution in [2.75, 3.05) is 26.2 Å². The molecule has 0 amide bonds. The van der Waals surface area contributed by atoms with Crippen LogP contribution in [0.1, 0.15) is 46.0 Å². The second kappa shape index (κ2) is 6.17. The summed E-state index contributed by atoms with van der Waals surface area (Å²) in [5.41, 5.74) is 0. The summed E-state index contributed by atoms with van der Waals surface area (Å²) in [5, 5.41) is 10.3. The highest BCUT2D eigenvalue weighted by Crippen LogP contribution is 2.24. The quantitative estimate of drug-likeness (QED) is 0.744. The third-order valence-electron chi connectivity index (χ3n) is 4.62. The smallest absolute Gasteiger partial charge is 0.0695 e. The first-order chi connectivity index (χ1) is 8.22. The molecular weight excluding hydrogens is 212 g/mol. The second-order valence-electron chi connectivity index (χ2n) is 5.75. The van der Waals surface area contributed by atoms with Crippen LogP contribution in [0.2, 0.25) is 0 Å². The first kappa shape index (κ1) is 13.3. The van der Waals surface area contributed by atoms with Crippen molar-refractivity contribution in [2.24, 2.45) is 0 Å². The standard InChI is InChI=1S/C14H28N2O/c1-3-15-9-10-16(11-12(15)2)13-7-5-4-6-8-14(13)17/h12-14,17H,3-11H2,1-2H3. The van der Waals surface area contributed by atoms with Crippen molar-refractivity contribution in [1.82, 2.24) is 9.80 Å². The lowest BCUT2D eigenvalue weighted by Crippen LogP contribution is -2.56. The molecule has 0 aromatic rings. The maximum atomic E-state index is 10.3. The second-order valence-corrected chi connectivity index (χ2v) is 5.75. The summed E-state index contributed by atoms with van der Waals surface area (Å²) in [5.74, 6) is 0. The minimum absolute atomic E-state index is 0.0853. The molecule has 0 radical (unpaired) electrons. The van der Waals surface area contributed by atoms with Crippen molar-refractivity contribution >= 4 is 0 Å². The lowest BCUT2D eigenvalue weighted by Gasteiger charge is -2.44. The van der Waals surface area contributed by atoms with E-state index >= 15 is 0 Å². The zero-order chi connectivity index (χ0) is 12.3. The minimum Gasteiger partial charge on any atom is -0.391 e. The molecule has 3 atom stereocenters. The van der Waals surface area contributed by atoms with Crippen LogP contribution in [0.4, 0.5) is 0 Å². The van der Waals surface area contributed by atoms with E-state index in [1.54, 1.807) is 0 Å². The van der Waals surface area contributed by atoms with Crippen LogP contribution in [0.5, 0.6) is 0 Å². The number of nitrogens with zero attached hydrogens (tertiary/aromatic N) is 2. The topological polar surface area (TPSA) is 26.7 Å². The molecule has 1 aliphatic carbocycles. The molecule has 1 saturated carbocycles. The van der Waals surface area contributed by atoms with E-state index < -0.39 is 0 Å². The van der Waals surface area contributed by atoms with E-state index in [-0.39, 0.29) is 6.10 Å². The average molecular weight is 240 g/mol. The molecule has 3 heteroatoms. The molecule has 0 bridgehead atoms. The van der Waals surface area contributed by atoms with Crippen molar-refractivity contribution in [3.05, 3.63) is 0 Å². The van der Waals surface area contributed by atoms with Crippen molar-refractivity contribution in [3.8, 4) is 0 Å². The first-order valence-electron chi connectivity index (χ1n) is 7.38. The Morgan fingerprint density at radius 3 is 2.59 bits per heavy atom. The Balaban J connectivity index is 1.93. The number of aliphatic hydroxyl groups is 1. The van der Waals surface area contributed by atoms with Crippen molar-refractivity contribution in [3.63, 3.8) is 0 Å². The Labute approximate surface area is 106 Å². The molecule has 0 aromatic heterocycles. The van der Waals surface area contributed by atoms with Gasteiger partial charge in [0, 0.05) is 31.7 Å². The van der Waals surface area contributed by atoms with Gasteiger partial charge in [-0.25, -0.2) is 0 Å². The molecule has 3 unspecified atom stereocenters. The number of likely N-dealkylation sites (N-methyl/N-ethyl adjacent to an activating group) is 1. The average Bonchev–Trinajstić information content (AvgIpc) is 2.54. The van der Waals surface area contributed by atoms with Gasteiger partial charge < -0.3 is 5.11 Å². The summed E-state index contributed by atoms with van der Waals surface area (Å²) < 4.78 is 0. The highest BCUT2D eigenvalue weighted by molar-refractivity contribution is 4.87. The van der Waals surface area contributed by atoms with E-state index in [0.29, 0.717) is 12.1 Å². The fraction of sp³-hybridized carbons (Fsp3) is 1.00. The molecule has 1 N–H and O–H groups in total. The van der Waals surface area contributed by atoms with Crippen LogP contribution in [-0.4, -0.2) is 59.3 Å². The fourth-order valence-electron chi connectivity index (χ4n) is 3.49. The highest BCUT2D eigenvalue weighted by atomic mass is 16.3. The molecule has 2 rings (SSSR count). The van der Waals surface area contributed by atoms with Gasteiger partial charge in [-0.1, -0.05) is 26.2 Å². The van der Waals surface area contributed by atoms with Crippen molar-refractivity contribution < 1.29 is 5.11 Å². The van der Waals surface area contributed by atoms with Crippen LogP contribution >= 0.6 is 0 Å². The van der Waals surface area contributed by atoms with Crippen LogP contribution in [-0.2, 0) is 0 Å². The molecule has 1 aliphatic heterocycles. The maximum absolute atomic E-state index is 10.3. The van der Waals surface area contributed by atoms with E-state index in [0.717, 1.165) is 26.1 Å². The van der Waals surface area contributed by atoms with Gasteiger partial charge in [0.1, 0.15) is 0 Å². The van der Waals surface area contributed by atoms with Crippen LogP contribution in [0.25, 0.3) is 0 Å². The molecule has 100 valence electrons. The number of aliphatic hydroxyl groups excluding tert-OH is 1. The molecular formula is C14H28N2O. The third kappa shape index (κ3) is 3.21. The molecule has 1 saturated heterocycles. The maximum Gasteiger partial charge on any atom is 0.0695 e. The first-order valence-corrected chi connectivity index (χ1v) is 7.38. The number of hydrogen-bond acceptors (Lipinski definition) is 3. The van der Waals surface area contributed by atoms with E-state index in [9.17, 15) is 5.11 Å². The van der Waals surface area contributed by atoms with E-state index in [1.807, 2.05) is 0 Å². The minimum atomic E-state index is -0.0853. The summed E-state index contributed by atoms with van der Waals surface area (Å²) in [6.07, 6.45) is 5.93. The Morgan fingerprint density at radius 1 is 1.12 bits per heavy atom. The molecule has 2 fully saturated rings. The molecule has 1 heterocycles. The summed E-state index contributed by atoms with van der Waals surface area (Å²) in [7, 11) is 0. The van der Waals surface area contributed by atoms with Crippen LogP contribution < -0.4 is 0 Å². The van der Waals surface area contributed by atoms with E-state index in [2.05, 4.69) is 23.6 Å². The molecule has 17 heavy (non-hydrogen) atoms. The Morgan fingerprint density at radius 2 is 1.88 bits per heavy atom. The molecule has 0 spiro atoms. The molecule has 0 aromatic carbocycles.